The van der Waals surface area contributed by atoms with Crippen LogP contribution < -0.4 is 5.56 Å². The van der Waals surface area contributed by atoms with E-state index in [2.05, 4.69) is 6.92 Å². The highest BCUT2D eigenvalue weighted by molar-refractivity contribution is 5.87. The number of pyridine rings is 1. The van der Waals surface area contributed by atoms with Gasteiger partial charge in [-0.2, -0.15) is 0 Å². The van der Waals surface area contributed by atoms with Crippen LogP contribution in [0.4, 0.5) is 0 Å². The second-order valence-corrected chi connectivity index (χ2v) is 5.06. The molecule has 0 amide bonds. The molecule has 1 N–H and O–H groups in total. The highest BCUT2D eigenvalue weighted by Crippen LogP contribution is 2.33. The molecule has 0 radical (unpaired) electrons. The first kappa shape index (κ1) is 12.9. The Bertz CT molecular complexity index is 492. The van der Waals surface area contributed by atoms with E-state index in [9.17, 15) is 9.59 Å². The molecule has 0 saturated heterocycles. The molecular weight excluding hydrogens is 230 g/mol. The summed E-state index contributed by atoms with van der Waals surface area (Å²) in [7, 11) is 0. The standard InChI is InChI=1S/C14H19NO3/c1-2-10-4-3-5-12(8-10)15-9-11(14(17)18)6-7-13(15)16/h6-7,9-10,12H,2-5,8H2,1H3,(H,17,18). The normalized spacial score (nSPS) is 23.8. The number of nitrogens with zero attached hydrogens (tertiary/aromatic N) is 1. The molecule has 18 heavy (non-hydrogen) atoms. The highest BCUT2D eigenvalue weighted by Gasteiger charge is 2.23. The lowest BCUT2D eigenvalue weighted by molar-refractivity contribution is 0.0695. The van der Waals surface area contributed by atoms with Crippen molar-refractivity contribution in [2.45, 2.75) is 45.1 Å². The van der Waals surface area contributed by atoms with Crippen LogP contribution in [0.5, 0.6) is 0 Å². The zero-order valence-corrected chi connectivity index (χ0v) is 10.6. The van der Waals surface area contributed by atoms with Crippen molar-refractivity contribution in [3.05, 3.63) is 34.2 Å². The van der Waals surface area contributed by atoms with Crippen LogP contribution >= 0.6 is 0 Å². The SMILES string of the molecule is CCC1CCCC(n2cc(C(=O)O)ccc2=O)C1. The summed E-state index contributed by atoms with van der Waals surface area (Å²) in [5, 5.41) is 8.98. The third-order valence-electron chi connectivity index (χ3n) is 3.91. The Morgan fingerprint density at radius 3 is 2.89 bits per heavy atom. The van der Waals surface area contributed by atoms with E-state index >= 15 is 0 Å². The number of carboxylic acids is 1. The molecule has 0 spiro atoms. The first-order valence-corrected chi connectivity index (χ1v) is 6.57. The average molecular weight is 249 g/mol. The van der Waals surface area contributed by atoms with Gasteiger partial charge in [0, 0.05) is 18.3 Å². The van der Waals surface area contributed by atoms with Gasteiger partial charge in [0.05, 0.1) is 5.56 Å². The van der Waals surface area contributed by atoms with E-state index in [1.807, 2.05) is 0 Å². The maximum absolute atomic E-state index is 11.9. The van der Waals surface area contributed by atoms with Crippen molar-refractivity contribution in [3.63, 3.8) is 0 Å². The summed E-state index contributed by atoms with van der Waals surface area (Å²) in [5.41, 5.74) is 0.0926. The Balaban J connectivity index is 2.29. The van der Waals surface area contributed by atoms with Crippen molar-refractivity contribution in [1.29, 1.82) is 0 Å². The summed E-state index contributed by atoms with van der Waals surface area (Å²) in [6.45, 7) is 2.17. The Hall–Kier alpha value is -1.58. The van der Waals surface area contributed by atoms with Crippen molar-refractivity contribution >= 4 is 5.97 Å². The van der Waals surface area contributed by atoms with Gasteiger partial charge in [-0.25, -0.2) is 4.79 Å². The Morgan fingerprint density at radius 2 is 2.22 bits per heavy atom. The summed E-state index contributed by atoms with van der Waals surface area (Å²) in [5.74, 6) is -0.323. The second-order valence-electron chi connectivity index (χ2n) is 5.06. The Kier molecular flexibility index (Phi) is 3.84. The minimum Gasteiger partial charge on any atom is -0.478 e. The third kappa shape index (κ3) is 2.63. The molecule has 1 aliphatic carbocycles. The van der Waals surface area contributed by atoms with Crippen LogP contribution in [0.15, 0.2) is 23.1 Å². The molecule has 1 aliphatic rings. The van der Waals surface area contributed by atoms with E-state index in [-0.39, 0.29) is 17.2 Å². The molecule has 98 valence electrons. The van der Waals surface area contributed by atoms with Crippen LogP contribution in [-0.2, 0) is 0 Å². The van der Waals surface area contributed by atoms with E-state index in [1.54, 1.807) is 4.57 Å². The molecule has 1 saturated carbocycles. The lowest BCUT2D eigenvalue weighted by Crippen LogP contribution is -2.28. The summed E-state index contributed by atoms with van der Waals surface area (Å²) in [6, 6.07) is 2.90. The fourth-order valence-corrected chi connectivity index (χ4v) is 2.80. The average Bonchev–Trinajstić information content (AvgIpc) is 2.39. The smallest absolute Gasteiger partial charge is 0.337 e. The van der Waals surface area contributed by atoms with Crippen molar-refractivity contribution in [1.82, 2.24) is 4.57 Å². The summed E-state index contributed by atoms with van der Waals surface area (Å²) in [4.78, 5) is 22.8. The number of carbonyl (C=O) groups is 1. The number of carboxylic acid groups (broad SMARTS) is 1. The van der Waals surface area contributed by atoms with Gasteiger partial charge in [-0.3, -0.25) is 4.79 Å². The molecule has 4 heteroatoms. The van der Waals surface area contributed by atoms with Gasteiger partial charge >= 0.3 is 5.97 Å². The Labute approximate surface area is 106 Å². The van der Waals surface area contributed by atoms with Gasteiger partial charge in [0.25, 0.3) is 5.56 Å². The molecular formula is C14H19NO3. The predicted molar refractivity (Wildman–Crippen MR) is 68.9 cm³/mol. The van der Waals surface area contributed by atoms with Crippen LogP contribution in [0, 0.1) is 5.92 Å². The molecule has 4 nitrogen and oxygen atoms in total. The number of hydrogen-bond acceptors (Lipinski definition) is 2. The van der Waals surface area contributed by atoms with E-state index in [0.717, 1.165) is 25.7 Å². The molecule has 2 atom stereocenters. The van der Waals surface area contributed by atoms with Gasteiger partial charge in [0.1, 0.15) is 0 Å². The molecule has 1 fully saturated rings. The maximum atomic E-state index is 11.9. The molecule has 1 aromatic rings. The molecule has 0 aliphatic heterocycles. The van der Waals surface area contributed by atoms with Gasteiger partial charge in [-0.15, -0.1) is 0 Å². The number of hydrogen-bond donors (Lipinski definition) is 1. The highest BCUT2D eigenvalue weighted by atomic mass is 16.4. The lowest BCUT2D eigenvalue weighted by Gasteiger charge is -2.29. The fourth-order valence-electron chi connectivity index (χ4n) is 2.80. The monoisotopic (exact) mass is 249 g/mol. The van der Waals surface area contributed by atoms with Crippen LogP contribution in [0.1, 0.15) is 55.4 Å². The number of rotatable bonds is 3. The van der Waals surface area contributed by atoms with Crippen molar-refractivity contribution in [3.8, 4) is 0 Å². The van der Waals surface area contributed by atoms with Gasteiger partial charge in [-0.1, -0.05) is 26.2 Å². The van der Waals surface area contributed by atoms with Gasteiger partial charge in [-0.05, 0) is 24.8 Å². The third-order valence-corrected chi connectivity index (χ3v) is 3.91. The predicted octanol–water partition coefficient (Wildman–Crippen LogP) is 2.69. The summed E-state index contributed by atoms with van der Waals surface area (Å²) >= 11 is 0. The van der Waals surface area contributed by atoms with E-state index < -0.39 is 5.97 Å². The van der Waals surface area contributed by atoms with E-state index in [0.29, 0.717) is 5.92 Å². The summed E-state index contributed by atoms with van der Waals surface area (Å²) in [6.07, 6.45) is 6.92. The number of aromatic nitrogens is 1. The number of aromatic carboxylic acids is 1. The van der Waals surface area contributed by atoms with Crippen LogP contribution in [-0.4, -0.2) is 15.6 Å². The minimum atomic E-state index is -0.980. The van der Waals surface area contributed by atoms with E-state index in [4.69, 9.17) is 5.11 Å². The first-order chi connectivity index (χ1) is 8.61. The molecule has 0 aromatic carbocycles. The van der Waals surface area contributed by atoms with Gasteiger partial charge < -0.3 is 9.67 Å². The van der Waals surface area contributed by atoms with Crippen molar-refractivity contribution < 1.29 is 9.90 Å². The van der Waals surface area contributed by atoms with E-state index in [1.165, 1.54) is 24.8 Å². The molecule has 2 rings (SSSR count). The van der Waals surface area contributed by atoms with Crippen LogP contribution in [0.3, 0.4) is 0 Å². The fraction of sp³-hybridized carbons (Fsp3) is 0.571. The molecule has 2 unspecified atom stereocenters. The largest absolute Gasteiger partial charge is 0.478 e. The van der Waals surface area contributed by atoms with Crippen molar-refractivity contribution in [2.24, 2.45) is 5.92 Å². The van der Waals surface area contributed by atoms with Crippen molar-refractivity contribution in [2.75, 3.05) is 0 Å². The Morgan fingerprint density at radius 1 is 1.44 bits per heavy atom. The first-order valence-electron chi connectivity index (χ1n) is 6.57. The maximum Gasteiger partial charge on any atom is 0.337 e. The molecule has 1 aromatic heterocycles. The topological polar surface area (TPSA) is 59.3 Å². The van der Waals surface area contributed by atoms with Gasteiger partial charge in [0.2, 0.25) is 0 Å². The quantitative estimate of drug-likeness (QED) is 0.896. The zero-order valence-electron chi connectivity index (χ0n) is 10.6. The summed E-state index contributed by atoms with van der Waals surface area (Å²) < 4.78 is 1.62. The minimum absolute atomic E-state index is 0.0956. The lowest BCUT2D eigenvalue weighted by atomic mass is 9.84. The zero-order chi connectivity index (χ0) is 13.1. The molecule has 1 heterocycles. The molecule has 0 bridgehead atoms. The van der Waals surface area contributed by atoms with Gasteiger partial charge in [0.15, 0.2) is 0 Å². The second kappa shape index (κ2) is 5.38. The van der Waals surface area contributed by atoms with Crippen LogP contribution in [0.2, 0.25) is 0 Å². The van der Waals surface area contributed by atoms with Crippen LogP contribution in [0.25, 0.3) is 0 Å².